The molecule has 224 valence electrons. The maximum absolute atomic E-state index is 13.8. The van der Waals surface area contributed by atoms with Crippen molar-refractivity contribution in [2.24, 2.45) is 5.92 Å². The number of para-hydroxylation sites is 1. The number of likely N-dealkylation sites (tertiary alicyclic amines) is 1. The average molecular weight is 605 g/mol. The van der Waals surface area contributed by atoms with Gasteiger partial charge in [-0.25, -0.2) is 4.68 Å². The van der Waals surface area contributed by atoms with Crippen molar-refractivity contribution in [1.29, 1.82) is 0 Å². The Kier molecular flexibility index (Phi) is 11.3. The molecule has 3 heterocycles. The molecule has 10 heteroatoms. The highest BCUT2D eigenvalue weighted by Crippen LogP contribution is 2.36. The number of rotatable bonds is 6. The van der Waals surface area contributed by atoms with E-state index in [1.54, 1.807) is 11.8 Å². The third-order valence-corrected chi connectivity index (χ3v) is 9.15. The van der Waals surface area contributed by atoms with Crippen LogP contribution in [0.25, 0.3) is 5.69 Å². The number of halogens is 2. The van der Waals surface area contributed by atoms with Crippen molar-refractivity contribution in [2.45, 2.75) is 89.9 Å². The van der Waals surface area contributed by atoms with Crippen molar-refractivity contribution in [3.8, 4) is 17.5 Å². The summed E-state index contributed by atoms with van der Waals surface area (Å²) >= 11 is 0. The summed E-state index contributed by atoms with van der Waals surface area (Å²) in [4.78, 5) is 31.5. The van der Waals surface area contributed by atoms with E-state index in [-0.39, 0.29) is 49.1 Å². The van der Waals surface area contributed by atoms with Gasteiger partial charge in [0.15, 0.2) is 0 Å². The van der Waals surface area contributed by atoms with Crippen LogP contribution in [0, 0.1) is 31.6 Å². The zero-order chi connectivity index (χ0) is 27.6. The van der Waals surface area contributed by atoms with E-state index >= 15 is 0 Å². The van der Waals surface area contributed by atoms with Gasteiger partial charge in [0.2, 0.25) is 11.8 Å². The van der Waals surface area contributed by atoms with E-state index in [9.17, 15) is 14.7 Å². The topological polar surface area (TPSA) is 90.7 Å². The molecule has 1 spiro atoms. The van der Waals surface area contributed by atoms with Crippen LogP contribution in [0.2, 0.25) is 0 Å². The number of aliphatic hydroxyl groups excluding tert-OH is 1. The molecule has 1 saturated carbocycles. The number of aliphatic hydroxyl groups is 1. The lowest BCUT2D eigenvalue weighted by atomic mass is 9.78. The highest BCUT2D eigenvalue weighted by molar-refractivity contribution is 6.00. The van der Waals surface area contributed by atoms with E-state index in [1.165, 1.54) is 5.56 Å². The van der Waals surface area contributed by atoms with Gasteiger partial charge in [-0.15, -0.1) is 30.7 Å². The molecule has 3 fully saturated rings. The molecule has 1 aliphatic carbocycles. The minimum atomic E-state index is -0.932. The number of amides is 2. The van der Waals surface area contributed by atoms with Crippen LogP contribution in [0.15, 0.2) is 30.3 Å². The molecule has 0 radical (unpaired) electrons. The third-order valence-electron chi connectivity index (χ3n) is 9.15. The second-order valence-corrected chi connectivity index (χ2v) is 11.4. The lowest BCUT2D eigenvalue weighted by Crippen LogP contribution is -2.75. The molecule has 1 aromatic carbocycles. The Bertz CT molecular complexity index is 1260. The Morgan fingerprint density at radius 2 is 1.73 bits per heavy atom. The number of aryl methyl sites for hydroxylation is 1. The van der Waals surface area contributed by atoms with E-state index in [0.29, 0.717) is 25.9 Å². The quantitative estimate of drug-likeness (QED) is 0.488. The van der Waals surface area contributed by atoms with E-state index in [0.717, 1.165) is 55.7 Å². The van der Waals surface area contributed by atoms with Crippen LogP contribution in [0.4, 0.5) is 0 Å². The zero-order valence-electron chi connectivity index (χ0n) is 24.3. The minimum absolute atomic E-state index is 0. The van der Waals surface area contributed by atoms with E-state index < -0.39 is 17.7 Å². The van der Waals surface area contributed by atoms with Gasteiger partial charge in [0.05, 0.1) is 24.0 Å². The summed E-state index contributed by atoms with van der Waals surface area (Å²) in [6.45, 7) is 8.21. The largest absolute Gasteiger partial charge is 0.390 e. The molecule has 1 aromatic heterocycles. The van der Waals surface area contributed by atoms with Crippen molar-refractivity contribution in [1.82, 2.24) is 24.9 Å². The molecule has 5 rings (SSSR count). The van der Waals surface area contributed by atoms with Gasteiger partial charge in [0.25, 0.3) is 0 Å². The molecule has 0 bridgehead atoms. The molecule has 41 heavy (non-hydrogen) atoms. The first-order valence-electron chi connectivity index (χ1n) is 14.4. The molecule has 2 atom stereocenters. The number of nitrogens with zero attached hydrogens (tertiary/aromatic N) is 4. The van der Waals surface area contributed by atoms with Crippen molar-refractivity contribution in [2.75, 3.05) is 19.6 Å². The maximum Gasteiger partial charge on any atom is 0.249 e. The summed E-state index contributed by atoms with van der Waals surface area (Å²) in [6.07, 6.45) is 5.29. The fourth-order valence-electron chi connectivity index (χ4n) is 6.73. The van der Waals surface area contributed by atoms with E-state index in [2.05, 4.69) is 41.1 Å². The highest BCUT2D eigenvalue weighted by atomic mass is 35.5. The normalized spacial score (nSPS) is 21.8. The van der Waals surface area contributed by atoms with Crippen molar-refractivity contribution >= 4 is 36.6 Å². The first-order chi connectivity index (χ1) is 18.9. The van der Waals surface area contributed by atoms with Gasteiger partial charge in [0.1, 0.15) is 11.6 Å². The number of carbonyl (C=O) groups excluding carboxylic acids is 2. The van der Waals surface area contributed by atoms with Gasteiger partial charge in [-0.1, -0.05) is 43.4 Å². The molecular weight excluding hydrogens is 561 g/mol. The number of benzene rings is 1. The van der Waals surface area contributed by atoms with Crippen LogP contribution in [0.5, 0.6) is 0 Å². The lowest BCUT2D eigenvalue weighted by molar-refractivity contribution is -0.164. The number of aromatic nitrogens is 2. The monoisotopic (exact) mass is 603 g/mol. The van der Waals surface area contributed by atoms with Gasteiger partial charge in [-0.3, -0.25) is 14.5 Å². The second-order valence-electron chi connectivity index (χ2n) is 11.4. The van der Waals surface area contributed by atoms with Crippen LogP contribution in [-0.4, -0.2) is 73.8 Å². The Labute approximate surface area is 256 Å². The Balaban J connectivity index is 0.00000231. The Morgan fingerprint density at radius 3 is 2.37 bits per heavy atom. The number of hydrogen-bond acceptors (Lipinski definition) is 5. The van der Waals surface area contributed by atoms with Crippen molar-refractivity contribution in [3.63, 3.8) is 0 Å². The highest BCUT2D eigenvalue weighted by Gasteiger charge is 2.55. The van der Waals surface area contributed by atoms with Crippen LogP contribution in [0.1, 0.15) is 68.8 Å². The molecular formula is C31H43Cl2N5O3. The predicted molar refractivity (Wildman–Crippen MR) is 164 cm³/mol. The smallest absolute Gasteiger partial charge is 0.249 e. The lowest BCUT2D eigenvalue weighted by Gasteiger charge is -2.52. The van der Waals surface area contributed by atoms with Crippen molar-refractivity contribution in [3.05, 3.63) is 47.3 Å². The molecule has 2 aromatic rings. The fourth-order valence-corrected chi connectivity index (χ4v) is 6.73. The molecule has 2 aliphatic heterocycles. The van der Waals surface area contributed by atoms with Gasteiger partial charge in [-0.2, -0.15) is 5.10 Å². The summed E-state index contributed by atoms with van der Waals surface area (Å²) in [5.74, 6) is 5.63. The van der Waals surface area contributed by atoms with Crippen LogP contribution in [-0.2, 0) is 16.1 Å². The predicted octanol–water partition coefficient (Wildman–Crippen LogP) is 3.96. The van der Waals surface area contributed by atoms with Crippen LogP contribution >= 0.6 is 24.8 Å². The number of nitrogens with one attached hydrogen (secondary N) is 1. The molecule has 2 saturated heterocycles. The summed E-state index contributed by atoms with van der Waals surface area (Å²) < 4.78 is 1.99. The van der Waals surface area contributed by atoms with Crippen LogP contribution in [0.3, 0.4) is 0 Å². The summed E-state index contributed by atoms with van der Waals surface area (Å²) in [5, 5.41) is 18.9. The number of piperazine rings is 1. The van der Waals surface area contributed by atoms with Gasteiger partial charge >= 0.3 is 0 Å². The van der Waals surface area contributed by atoms with Gasteiger partial charge in [0, 0.05) is 30.9 Å². The van der Waals surface area contributed by atoms with Gasteiger partial charge < -0.3 is 15.3 Å². The van der Waals surface area contributed by atoms with E-state index in [1.807, 2.05) is 29.8 Å². The summed E-state index contributed by atoms with van der Waals surface area (Å²) in [7, 11) is 0. The number of carbonyl (C=O) groups is 2. The Hall–Kier alpha value is -2.57. The van der Waals surface area contributed by atoms with Gasteiger partial charge in [-0.05, 0) is 64.5 Å². The summed E-state index contributed by atoms with van der Waals surface area (Å²) in [5.41, 5.74) is 3.42. The molecule has 3 aliphatic rings. The second kappa shape index (κ2) is 14.1. The molecule has 8 nitrogen and oxygen atoms in total. The Morgan fingerprint density at radius 1 is 1.07 bits per heavy atom. The maximum atomic E-state index is 13.8. The molecule has 2 amide bonds. The number of piperidine rings is 1. The SMILES string of the molecule is CC#CCN1C(=O)[C@H]([C@@H](O)C2CCCCC2)NC(=O)C12CCN(Cc1c(C)nn(-c3ccccc3)c1C)CC2.Cl.Cl. The van der Waals surface area contributed by atoms with Crippen molar-refractivity contribution < 1.29 is 14.7 Å². The molecule has 2 N–H and O–H groups in total. The zero-order valence-corrected chi connectivity index (χ0v) is 25.9. The molecule has 0 unspecified atom stereocenters. The average Bonchev–Trinajstić information content (AvgIpc) is 3.25. The first kappa shape index (κ1) is 32.9. The number of hydrogen-bond donors (Lipinski definition) is 2. The standard InChI is InChI=1S/C31H41N5O3.2ClH/c1-4-5-18-35-29(38)27(28(37)24-12-8-6-9-13-24)32-30(39)31(35)16-19-34(20-17-31)21-26-22(2)33-36(23(26)3)25-14-10-7-11-15-25;;/h7,10-11,14-15,24,27-28,37H,6,8-9,12-13,16-21H2,1-3H3,(H,32,39);2*1H/t27-,28-;;/m0../s1. The third kappa shape index (κ3) is 6.44. The fraction of sp³-hybridized carbons (Fsp3) is 0.581. The van der Waals surface area contributed by atoms with E-state index in [4.69, 9.17) is 5.10 Å². The first-order valence-corrected chi connectivity index (χ1v) is 14.4. The minimum Gasteiger partial charge on any atom is -0.390 e. The van der Waals surface area contributed by atoms with Crippen LogP contribution < -0.4 is 5.32 Å². The summed E-state index contributed by atoms with van der Waals surface area (Å²) in [6, 6.07) is 9.24.